The van der Waals surface area contributed by atoms with E-state index in [9.17, 15) is 5.11 Å². The minimum absolute atomic E-state index is 0.0115. The van der Waals surface area contributed by atoms with E-state index >= 15 is 0 Å². The number of benzene rings is 2. The van der Waals surface area contributed by atoms with Crippen LogP contribution in [0.15, 0.2) is 48.5 Å². The summed E-state index contributed by atoms with van der Waals surface area (Å²) in [5.41, 5.74) is 8.00. The third-order valence-electron chi connectivity index (χ3n) is 3.15. The maximum absolute atomic E-state index is 9.74. The highest BCUT2D eigenvalue weighted by atomic mass is 127. The van der Waals surface area contributed by atoms with Crippen LogP contribution in [0.2, 0.25) is 0 Å². The van der Waals surface area contributed by atoms with E-state index in [1.807, 2.05) is 55.5 Å². The molecule has 2 rings (SSSR count). The van der Waals surface area contributed by atoms with Gasteiger partial charge in [0.2, 0.25) is 0 Å². The van der Waals surface area contributed by atoms with Gasteiger partial charge in [0, 0.05) is 3.57 Å². The minimum atomic E-state index is -0.553. The van der Waals surface area contributed by atoms with Gasteiger partial charge in [-0.2, -0.15) is 0 Å². The van der Waals surface area contributed by atoms with Crippen molar-refractivity contribution in [2.75, 3.05) is 17.7 Å². The van der Waals surface area contributed by atoms with Crippen LogP contribution in [0.1, 0.15) is 12.5 Å². The van der Waals surface area contributed by atoms with Crippen LogP contribution in [0.4, 0.5) is 11.4 Å². The zero-order chi connectivity index (χ0) is 13.9. The van der Waals surface area contributed by atoms with Crippen LogP contribution in [0.3, 0.4) is 0 Å². The molecular formula is C15H17IN2O. The van der Waals surface area contributed by atoms with Crippen LogP contribution in [0.5, 0.6) is 0 Å². The number of aliphatic hydroxyl groups excluding tert-OH is 1. The summed E-state index contributed by atoms with van der Waals surface area (Å²) in [6, 6.07) is 15.7. The van der Waals surface area contributed by atoms with Gasteiger partial charge in [0.1, 0.15) is 0 Å². The first-order valence-corrected chi connectivity index (χ1v) is 7.12. The molecule has 4 heteroatoms. The summed E-state index contributed by atoms with van der Waals surface area (Å²) in [4.78, 5) is 0. The molecule has 2 aromatic carbocycles. The second kappa shape index (κ2) is 5.79. The summed E-state index contributed by atoms with van der Waals surface area (Å²) in [6.45, 7) is 1.95. The van der Waals surface area contributed by atoms with Crippen molar-refractivity contribution < 1.29 is 5.11 Å². The first kappa shape index (κ1) is 14.1. The van der Waals surface area contributed by atoms with E-state index in [4.69, 9.17) is 5.73 Å². The quantitative estimate of drug-likeness (QED) is 0.574. The van der Waals surface area contributed by atoms with Gasteiger partial charge in [-0.1, -0.05) is 30.3 Å². The number of nitrogen functional groups attached to an aromatic ring is 1. The SMILES string of the molecule is CC(CO)(Nc1ccc(I)cc1N)c1ccccc1. The molecule has 19 heavy (non-hydrogen) atoms. The summed E-state index contributed by atoms with van der Waals surface area (Å²) in [6.07, 6.45) is 0. The number of hydrogen-bond acceptors (Lipinski definition) is 3. The molecule has 0 aliphatic heterocycles. The van der Waals surface area contributed by atoms with Crippen molar-refractivity contribution >= 4 is 34.0 Å². The first-order chi connectivity index (χ1) is 9.05. The van der Waals surface area contributed by atoms with E-state index in [-0.39, 0.29) is 6.61 Å². The molecule has 0 heterocycles. The third kappa shape index (κ3) is 3.19. The highest BCUT2D eigenvalue weighted by Crippen LogP contribution is 2.29. The largest absolute Gasteiger partial charge is 0.397 e. The molecule has 0 spiro atoms. The number of rotatable bonds is 4. The van der Waals surface area contributed by atoms with E-state index in [0.717, 1.165) is 14.8 Å². The maximum atomic E-state index is 9.74. The predicted molar refractivity (Wildman–Crippen MR) is 88.1 cm³/mol. The normalized spacial score (nSPS) is 13.8. The van der Waals surface area contributed by atoms with Crippen LogP contribution in [-0.2, 0) is 5.54 Å². The first-order valence-electron chi connectivity index (χ1n) is 6.05. The number of nitrogens with two attached hydrogens (primary N) is 1. The van der Waals surface area contributed by atoms with Gasteiger partial charge in [-0.3, -0.25) is 0 Å². The lowest BCUT2D eigenvalue weighted by atomic mass is 9.92. The van der Waals surface area contributed by atoms with Gasteiger partial charge in [0.25, 0.3) is 0 Å². The number of aliphatic hydroxyl groups is 1. The number of halogens is 1. The van der Waals surface area contributed by atoms with Crippen molar-refractivity contribution in [3.63, 3.8) is 0 Å². The van der Waals surface area contributed by atoms with Gasteiger partial charge >= 0.3 is 0 Å². The average molecular weight is 368 g/mol. The molecule has 3 nitrogen and oxygen atoms in total. The Labute approximate surface area is 127 Å². The predicted octanol–water partition coefficient (Wildman–Crippen LogP) is 3.19. The van der Waals surface area contributed by atoms with E-state index in [1.54, 1.807) is 0 Å². The van der Waals surface area contributed by atoms with Gasteiger partial charge in [0.15, 0.2) is 0 Å². The van der Waals surface area contributed by atoms with E-state index < -0.39 is 5.54 Å². The standard InChI is InChI=1S/C15H17IN2O/c1-15(10-19,11-5-3-2-4-6-11)18-14-8-7-12(16)9-13(14)17/h2-9,18-19H,10,17H2,1H3. The summed E-state index contributed by atoms with van der Waals surface area (Å²) < 4.78 is 1.09. The minimum Gasteiger partial charge on any atom is -0.397 e. The highest BCUT2D eigenvalue weighted by Gasteiger charge is 2.25. The lowest BCUT2D eigenvalue weighted by Crippen LogP contribution is -2.36. The fourth-order valence-electron chi connectivity index (χ4n) is 1.95. The van der Waals surface area contributed by atoms with Crippen molar-refractivity contribution in [2.45, 2.75) is 12.5 Å². The van der Waals surface area contributed by atoms with Crippen molar-refractivity contribution in [3.05, 3.63) is 57.7 Å². The Balaban J connectivity index is 2.33. The molecule has 0 aliphatic rings. The molecule has 100 valence electrons. The number of nitrogens with one attached hydrogen (secondary N) is 1. The summed E-state index contributed by atoms with van der Waals surface area (Å²) in [5, 5.41) is 13.1. The molecule has 0 aliphatic carbocycles. The maximum Gasteiger partial charge on any atom is 0.0829 e. The molecular weight excluding hydrogens is 351 g/mol. The Kier molecular flexibility index (Phi) is 4.31. The molecule has 2 aromatic rings. The zero-order valence-electron chi connectivity index (χ0n) is 10.7. The van der Waals surface area contributed by atoms with Crippen LogP contribution < -0.4 is 11.1 Å². The smallest absolute Gasteiger partial charge is 0.0829 e. The average Bonchev–Trinajstić information content (AvgIpc) is 2.43. The molecule has 0 radical (unpaired) electrons. The van der Waals surface area contributed by atoms with E-state index in [0.29, 0.717) is 5.69 Å². The Hall–Kier alpha value is -1.27. The lowest BCUT2D eigenvalue weighted by Gasteiger charge is -2.31. The molecule has 0 amide bonds. The van der Waals surface area contributed by atoms with Gasteiger partial charge in [0.05, 0.1) is 23.5 Å². The third-order valence-corrected chi connectivity index (χ3v) is 3.82. The fourth-order valence-corrected chi connectivity index (χ4v) is 2.47. The molecule has 0 aromatic heterocycles. The molecule has 1 atom stereocenters. The molecule has 1 unspecified atom stereocenters. The number of anilines is 2. The van der Waals surface area contributed by atoms with Crippen molar-refractivity contribution in [2.24, 2.45) is 0 Å². The Morgan fingerprint density at radius 1 is 1.21 bits per heavy atom. The van der Waals surface area contributed by atoms with Gasteiger partial charge in [-0.05, 0) is 53.3 Å². The highest BCUT2D eigenvalue weighted by molar-refractivity contribution is 14.1. The topological polar surface area (TPSA) is 58.3 Å². The molecule has 0 saturated heterocycles. The van der Waals surface area contributed by atoms with Crippen LogP contribution in [-0.4, -0.2) is 11.7 Å². The van der Waals surface area contributed by atoms with Crippen molar-refractivity contribution in [1.82, 2.24) is 0 Å². The lowest BCUT2D eigenvalue weighted by molar-refractivity contribution is 0.224. The Morgan fingerprint density at radius 3 is 2.47 bits per heavy atom. The van der Waals surface area contributed by atoms with Crippen LogP contribution in [0.25, 0.3) is 0 Å². The van der Waals surface area contributed by atoms with Crippen molar-refractivity contribution in [3.8, 4) is 0 Å². The fraction of sp³-hybridized carbons (Fsp3) is 0.200. The van der Waals surface area contributed by atoms with Crippen LogP contribution in [0, 0.1) is 3.57 Å². The Morgan fingerprint density at radius 2 is 1.89 bits per heavy atom. The molecule has 4 N–H and O–H groups in total. The van der Waals surface area contributed by atoms with Crippen LogP contribution >= 0.6 is 22.6 Å². The van der Waals surface area contributed by atoms with Crippen molar-refractivity contribution in [1.29, 1.82) is 0 Å². The Bertz CT molecular complexity index is 559. The molecule has 0 bridgehead atoms. The molecule has 0 saturated carbocycles. The second-order valence-electron chi connectivity index (χ2n) is 4.71. The summed E-state index contributed by atoms with van der Waals surface area (Å²) in [7, 11) is 0. The summed E-state index contributed by atoms with van der Waals surface area (Å²) in [5.74, 6) is 0. The van der Waals surface area contributed by atoms with Gasteiger partial charge < -0.3 is 16.2 Å². The van der Waals surface area contributed by atoms with E-state index in [2.05, 4.69) is 27.9 Å². The zero-order valence-corrected chi connectivity index (χ0v) is 12.9. The van der Waals surface area contributed by atoms with E-state index in [1.165, 1.54) is 0 Å². The van der Waals surface area contributed by atoms with Gasteiger partial charge in [-0.25, -0.2) is 0 Å². The molecule has 0 fully saturated rings. The monoisotopic (exact) mass is 368 g/mol. The second-order valence-corrected chi connectivity index (χ2v) is 5.96. The number of hydrogen-bond donors (Lipinski definition) is 3. The van der Waals surface area contributed by atoms with Gasteiger partial charge in [-0.15, -0.1) is 0 Å². The summed E-state index contributed by atoms with van der Waals surface area (Å²) >= 11 is 2.22.